The number of amides is 1. The van der Waals surface area contributed by atoms with E-state index >= 15 is 0 Å². The van der Waals surface area contributed by atoms with Crippen LogP contribution in [0, 0.1) is 17.6 Å². The first-order valence-corrected chi connectivity index (χ1v) is 5.74. The predicted molar refractivity (Wildman–Crippen MR) is 63.1 cm³/mol. The second-order valence-corrected chi connectivity index (χ2v) is 4.24. The number of hydrogen-bond acceptors (Lipinski definition) is 3. The summed E-state index contributed by atoms with van der Waals surface area (Å²) in [5.74, 6) is -2.11. The first-order chi connectivity index (χ1) is 8.52. The lowest BCUT2D eigenvalue weighted by molar-refractivity contribution is -0.117. The van der Waals surface area contributed by atoms with Crippen LogP contribution in [0.1, 0.15) is 26.7 Å². The highest BCUT2D eigenvalue weighted by Gasteiger charge is 2.30. The molecule has 1 amide bonds. The van der Waals surface area contributed by atoms with Crippen LogP contribution in [0.25, 0.3) is 0 Å². The third-order valence-corrected chi connectivity index (χ3v) is 2.97. The summed E-state index contributed by atoms with van der Waals surface area (Å²) in [6.07, 6.45) is 1.87. The van der Waals surface area contributed by atoms with Crippen molar-refractivity contribution in [3.05, 3.63) is 23.9 Å². The minimum Gasteiger partial charge on any atom is -0.272 e. The molecule has 1 aliphatic heterocycles. The van der Waals surface area contributed by atoms with E-state index < -0.39 is 11.6 Å². The Bertz CT molecular complexity index is 516. The number of rotatable bonds is 3. The van der Waals surface area contributed by atoms with Gasteiger partial charge in [-0.3, -0.25) is 4.79 Å². The van der Waals surface area contributed by atoms with Gasteiger partial charge in [0.1, 0.15) is 5.82 Å². The molecule has 1 aliphatic rings. The van der Waals surface area contributed by atoms with Crippen molar-refractivity contribution < 1.29 is 13.6 Å². The van der Waals surface area contributed by atoms with Crippen LogP contribution in [0.4, 0.5) is 14.6 Å². The van der Waals surface area contributed by atoms with Crippen molar-refractivity contribution in [3.63, 3.8) is 0 Å². The molecule has 6 heteroatoms. The maximum absolute atomic E-state index is 13.5. The van der Waals surface area contributed by atoms with Gasteiger partial charge in [-0.2, -0.15) is 10.1 Å². The Morgan fingerprint density at radius 3 is 2.83 bits per heavy atom. The molecule has 18 heavy (non-hydrogen) atoms. The van der Waals surface area contributed by atoms with Crippen LogP contribution in [0.3, 0.4) is 0 Å². The highest BCUT2D eigenvalue weighted by Crippen LogP contribution is 2.24. The summed E-state index contributed by atoms with van der Waals surface area (Å²) in [7, 11) is 0. The van der Waals surface area contributed by atoms with Crippen molar-refractivity contribution in [3.8, 4) is 0 Å². The van der Waals surface area contributed by atoms with E-state index in [2.05, 4.69) is 10.1 Å². The van der Waals surface area contributed by atoms with Gasteiger partial charge in [-0.15, -0.1) is 0 Å². The third-order valence-electron chi connectivity index (χ3n) is 2.97. The fraction of sp³-hybridized carbons (Fsp3) is 0.417. The average molecular weight is 253 g/mol. The molecule has 0 saturated carbocycles. The van der Waals surface area contributed by atoms with Crippen molar-refractivity contribution in [1.29, 1.82) is 0 Å². The number of hydrazone groups is 1. The number of pyridine rings is 1. The van der Waals surface area contributed by atoms with E-state index in [9.17, 15) is 13.6 Å². The Balaban J connectivity index is 2.33. The van der Waals surface area contributed by atoms with Gasteiger partial charge in [0.15, 0.2) is 11.6 Å². The molecule has 2 rings (SSSR count). The molecule has 1 unspecified atom stereocenters. The molecule has 0 bridgehead atoms. The van der Waals surface area contributed by atoms with Crippen molar-refractivity contribution in [2.24, 2.45) is 11.0 Å². The van der Waals surface area contributed by atoms with E-state index in [4.69, 9.17) is 0 Å². The Kier molecular flexibility index (Phi) is 3.36. The van der Waals surface area contributed by atoms with Gasteiger partial charge in [-0.1, -0.05) is 13.8 Å². The number of carbonyl (C=O) groups excluding carboxylic acids is 1. The number of aromatic nitrogens is 1. The zero-order valence-electron chi connectivity index (χ0n) is 10.2. The first kappa shape index (κ1) is 12.6. The lowest BCUT2D eigenvalue weighted by Gasteiger charge is -2.11. The molecule has 0 radical (unpaired) electrons. The molecule has 0 aromatic carbocycles. The van der Waals surface area contributed by atoms with E-state index in [-0.39, 0.29) is 24.1 Å². The highest BCUT2D eigenvalue weighted by atomic mass is 19.1. The topological polar surface area (TPSA) is 45.6 Å². The van der Waals surface area contributed by atoms with E-state index in [0.717, 1.165) is 17.6 Å². The molecular weight excluding hydrogens is 240 g/mol. The summed E-state index contributed by atoms with van der Waals surface area (Å²) in [5.41, 5.74) is 0.702. The molecule has 0 N–H and O–H groups in total. The van der Waals surface area contributed by atoms with Crippen LogP contribution in [0.2, 0.25) is 0 Å². The third kappa shape index (κ3) is 2.23. The van der Waals surface area contributed by atoms with Crippen LogP contribution in [0.15, 0.2) is 17.4 Å². The Labute approximate surface area is 103 Å². The maximum atomic E-state index is 13.5. The zero-order valence-corrected chi connectivity index (χ0v) is 10.2. The van der Waals surface area contributed by atoms with Gasteiger partial charge in [-0.05, 0) is 12.3 Å². The monoisotopic (exact) mass is 253 g/mol. The van der Waals surface area contributed by atoms with Gasteiger partial charge in [0, 0.05) is 6.07 Å². The lowest BCUT2D eigenvalue weighted by atomic mass is 10.0. The summed E-state index contributed by atoms with van der Waals surface area (Å²) >= 11 is 0. The molecule has 1 aromatic rings. The number of hydrogen-bond donors (Lipinski definition) is 0. The molecule has 96 valence electrons. The zero-order chi connectivity index (χ0) is 13.3. The van der Waals surface area contributed by atoms with E-state index in [0.29, 0.717) is 11.8 Å². The maximum Gasteiger partial charge on any atom is 0.254 e. The number of halogens is 2. The molecule has 0 spiro atoms. The smallest absolute Gasteiger partial charge is 0.254 e. The van der Waals surface area contributed by atoms with Gasteiger partial charge in [0.05, 0.1) is 18.3 Å². The largest absolute Gasteiger partial charge is 0.272 e. The fourth-order valence-corrected chi connectivity index (χ4v) is 1.69. The van der Waals surface area contributed by atoms with Crippen LogP contribution >= 0.6 is 0 Å². The predicted octanol–water partition coefficient (Wildman–Crippen LogP) is 2.50. The first-order valence-electron chi connectivity index (χ1n) is 5.74. The van der Waals surface area contributed by atoms with Gasteiger partial charge in [-0.25, -0.2) is 13.8 Å². The quantitative estimate of drug-likeness (QED) is 0.830. The summed E-state index contributed by atoms with van der Waals surface area (Å²) in [6, 6.07) is 0.687. The molecule has 4 nitrogen and oxygen atoms in total. The average Bonchev–Trinajstić information content (AvgIpc) is 2.70. The van der Waals surface area contributed by atoms with Crippen LogP contribution in [-0.4, -0.2) is 16.6 Å². The second-order valence-electron chi connectivity index (χ2n) is 4.24. The summed E-state index contributed by atoms with van der Waals surface area (Å²) in [6.45, 7) is 3.93. The van der Waals surface area contributed by atoms with E-state index in [1.807, 2.05) is 13.8 Å². The normalized spacial score (nSPS) is 17.0. The number of anilines is 1. The van der Waals surface area contributed by atoms with Crippen molar-refractivity contribution in [1.82, 2.24) is 4.98 Å². The van der Waals surface area contributed by atoms with E-state index in [1.54, 1.807) is 0 Å². The van der Waals surface area contributed by atoms with Gasteiger partial charge < -0.3 is 0 Å². The lowest BCUT2D eigenvalue weighted by Crippen LogP contribution is -2.22. The van der Waals surface area contributed by atoms with E-state index in [1.165, 1.54) is 0 Å². The number of carbonyl (C=O) groups is 1. The van der Waals surface area contributed by atoms with Crippen LogP contribution in [-0.2, 0) is 4.79 Å². The van der Waals surface area contributed by atoms with Gasteiger partial charge in [0.25, 0.3) is 5.91 Å². The minimum absolute atomic E-state index is 0.155. The standard InChI is InChI=1S/C12H13F2N3O/c1-3-7(2)10-5-11(18)17(16-10)12-9(14)4-8(13)6-15-12/h4,6-7H,3,5H2,1-2H3. The SMILES string of the molecule is CCC(C)C1=NN(c2ncc(F)cc2F)C(=O)C1. The van der Waals surface area contributed by atoms with Crippen LogP contribution < -0.4 is 5.01 Å². The summed E-state index contributed by atoms with van der Waals surface area (Å²) < 4.78 is 26.3. The van der Waals surface area contributed by atoms with Crippen molar-refractivity contribution >= 4 is 17.4 Å². The Morgan fingerprint density at radius 1 is 1.50 bits per heavy atom. The van der Waals surface area contributed by atoms with Gasteiger partial charge >= 0.3 is 0 Å². The molecule has 0 fully saturated rings. The minimum atomic E-state index is -0.891. The summed E-state index contributed by atoms with van der Waals surface area (Å²) in [4.78, 5) is 15.3. The van der Waals surface area contributed by atoms with Crippen molar-refractivity contribution in [2.75, 3.05) is 5.01 Å². The molecule has 1 aromatic heterocycles. The summed E-state index contributed by atoms with van der Waals surface area (Å²) in [5, 5.41) is 4.99. The Morgan fingerprint density at radius 2 is 2.22 bits per heavy atom. The number of nitrogens with zero attached hydrogens (tertiary/aromatic N) is 3. The molecule has 2 heterocycles. The Hall–Kier alpha value is -1.85. The second kappa shape index (κ2) is 4.80. The van der Waals surface area contributed by atoms with Gasteiger partial charge in [0.2, 0.25) is 0 Å². The van der Waals surface area contributed by atoms with Crippen molar-refractivity contribution in [2.45, 2.75) is 26.7 Å². The highest BCUT2D eigenvalue weighted by molar-refractivity contribution is 6.13. The fourth-order valence-electron chi connectivity index (χ4n) is 1.69. The molecule has 0 saturated heterocycles. The molecule has 0 aliphatic carbocycles. The molecule has 1 atom stereocenters. The molecular formula is C12H13F2N3O. The van der Waals surface area contributed by atoms with Crippen LogP contribution in [0.5, 0.6) is 0 Å².